The highest BCUT2D eigenvalue weighted by Gasteiger charge is 2.16. The lowest BCUT2D eigenvalue weighted by Gasteiger charge is -2.22. The number of likely N-dealkylation sites (tertiary alicyclic amines) is 1. The summed E-state index contributed by atoms with van der Waals surface area (Å²) >= 11 is 0. The van der Waals surface area contributed by atoms with E-state index in [0.717, 1.165) is 13.2 Å². The minimum Gasteiger partial charge on any atom is -0.396 e. The first-order valence-electron chi connectivity index (χ1n) is 4.84. The molecule has 0 aliphatic carbocycles. The van der Waals surface area contributed by atoms with Crippen molar-refractivity contribution in [1.29, 1.82) is 0 Å². The van der Waals surface area contributed by atoms with Crippen LogP contribution in [-0.2, 0) is 0 Å². The van der Waals surface area contributed by atoms with Crippen LogP contribution in [-0.4, -0.2) is 43.4 Å². The largest absolute Gasteiger partial charge is 0.396 e. The highest BCUT2D eigenvalue weighted by atomic mass is 16.3. The van der Waals surface area contributed by atoms with Crippen molar-refractivity contribution >= 4 is 0 Å². The van der Waals surface area contributed by atoms with E-state index in [4.69, 9.17) is 5.11 Å². The second-order valence-corrected chi connectivity index (χ2v) is 3.63. The van der Waals surface area contributed by atoms with Gasteiger partial charge >= 0.3 is 0 Å². The summed E-state index contributed by atoms with van der Waals surface area (Å²) in [7, 11) is 1.97. The maximum absolute atomic E-state index is 9.05. The Morgan fingerprint density at radius 1 is 1.50 bits per heavy atom. The monoisotopic (exact) mass is 172 g/mol. The summed E-state index contributed by atoms with van der Waals surface area (Å²) < 4.78 is 0. The third-order valence-corrected chi connectivity index (χ3v) is 2.49. The van der Waals surface area contributed by atoms with Gasteiger partial charge in [0.2, 0.25) is 0 Å². The van der Waals surface area contributed by atoms with Gasteiger partial charge in [-0.1, -0.05) is 6.42 Å². The van der Waals surface area contributed by atoms with Crippen LogP contribution in [0.15, 0.2) is 0 Å². The Morgan fingerprint density at radius 3 is 3.00 bits per heavy atom. The van der Waals surface area contributed by atoms with E-state index in [1.165, 1.54) is 25.8 Å². The van der Waals surface area contributed by atoms with Gasteiger partial charge in [-0.25, -0.2) is 0 Å². The molecular weight excluding hydrogens is 152 g/mol. The normalized spacial score (nSPS) is 27.0. The summed E-state index contributed by atoms with van der Waals surface area (Å²) in [5.74, 6) is 0.501. The number of nitrogens with zero attached hydrogens (tertiary/aromatic N) is 1. The first-order valence-corrected chi connectivity index (χ1v) is 4.84. The summed E-state index contributed by atoms with van der Waals surface area (Å²) in [4.78, 5) is 2.38. The minimum atomic E-state index is 0.347. The number of aliphatic hydroxyl groups excluding tert-OH is 1. The first kappa shape index (κ1) is 9.96. The van der Waals surface area contributed by atoms with E-state index < -0.39 is 0 Å². The topological polar surface area (TPSA) is 35.5 Å². The molecule has 0 radical (unpaired) electrons. The zero-order valence-corrected chi connectivity index (χ0v) is 7.92. The Hall–Kier alpha value is -0.120. The van der Waals surface area contributed by atoms with Crippen molar-refractivity contribution in [3.05, 3.63) is 0 Å². The molecule has 0 aromatic rings. The van der Waals surface area contributed by atoms with Crippen LogP contribution in [0, 0.1) is 5.92 Å². The van der Waals surface area contributed by atoms with Crippen molar-refractivity contribution in [2.75, 3.05) is 33.4 Å². The van der Waals surface area contributed by atoms with Crippen LogP contribution in [0.5, 0.6) is 0 Å². The fraction of sp³-hybridized carbons (Fsp3) is 1.00. The number of hydrogen-bond donors (Lipinski definition) is 2. The number of hydrogen-bond acceptors (Lipinski definition) is 3. The van der Waals surface area contributed by atoms with Gasteiger partial charge in [-0.15, -0.1) is 0 Å². The highest BCUT2D eigenvalue weighted by molar-refractivity contribution is 4.69. The molecule has 0 aromatic heterocycles. The van der Waals surface area contributed by atoms with Crippen LogP contribution >= 0.6 is 0 Å². The van der Waals surface area contributed by atoms with E-state index in [0.29, 0.717) is 12.5 Å². The Kier molecular flexibility index (Phi) is 4.58. The second kappa shape index (κ2) is 5.51. The first-order chi connectivity index (χ1) is 5.86. The van der Waals surface area contributed by atoms with E-state index in [9.17, 15) is 0 Å². The van der Waals surface area contributed by atoms with Crippen LogP contribution in [0.2, 0.25) is 0 Å². The molecule has 3 nitrogen and oxygen atoms in total. The van der Waals surface area contributed by atoms with E-state index in [2.05, 4.69) is 10.2 Å². The van der Waals surface area contributed by atoms with Crippen LogP contribution in [0.25, 0.3) is 0 Å². The average Bonchev–Trinajstić information content (AvgIpc) is 2.30. The van der Waals surface area contributed by atoms with Crippen molar-refractivity contribution in [2.24, 2.45) is 5.92 Å². The SMILES string of the molecule is CNCN1CCCCC(CO)C1. The fourth-order valence-electron chi connectivity index (χ4n) is 1.83. The molecule has 0 bridgehead atoms. The van der Waals surface area contributed by atoms with Gasteiger partial charge in [0.15, 0.2) is 0 Å². The summed E-state index contributed by atoms with van der Waals surface area (Å²) in [5, 5.41) is 12.2. The van der Waals surface area contributed by atoms with Gasteiger partial charge in [0, 0.05) is 19.8 Å². The molecule has 72 valence electrons. The summed E-state index contributed by atoms with van der Waals surface area (Å²) in [6, 6.07) is 0. The van der Waals surface area contributed by atoms with Crippen LogP contribution in [0.1, 0.15) is 19.3 Å². The van der Waals surface area contributed by atoms with Gasteiger partial charge in [-0.05, 0) is 32.4 Å². The van der Waals surface area contributed by atoms with Gasteiger partial charge in [-0.3, -0.25) is 4.90 Å². The average molecular weight is 172 g/mol. The van der Waals surface area contributed by atoms with Gasteiger partial charge in [0.05, 0.1) is 0 Å². The molecule has 0 amide bonds. The van der Waals surface area contributed by atoms with E-state index >= 15 is 0 Å². The molecule has 1 saturated heterocycles. The molecule has 1 aliphatic rings. The minimum absolute atomic E-state index is 0.347. The molecule has 0 spiro atoms. The van der Waals surface area contributed by atoms with Gasteiger partial charge in [-0.2, -0.15) is 0 Å². The lowest BCUT2D eigenvalue weighted by atomic mass is 10.1. The molecule has 1 atom stereocenters. The smallest absolute Gasteiger partial charge is 0.0478 e. The van der Waals surface area contributed by atoms with Crippen LogP contribution in [0.4, 0.5) is 0 Å². The maximum atomic E-state index is 9.05. The zero-order valence-electron chi connectivity index (χ0n) is 7.92. The lowest BCUT2D eigenvalue weighted by Crippen LogP contribution is -2.36. The Labute approximate surface area is 74.8 Å². The van der Waals surface area contributed by atoms with Crippen molar-refractivity contribution in [3.8, 4) is 0 Å². The summed E-state index contributed by atoms with van der Waals surface area (Å²) in [5.41, 5.74) is 0. The van der Waals surface area contributed by atoms with Gasteiger partial charge in [0.1, 0.15) is 0 Å². The van der Waals surface area contributed by atoms with Crippen molar-refractivity contribution in [3.63, 3.8) is 0 Å². The number of nitrogens with one attached hydrogen (secondary N) is 1. The molecule has 1 heterocycles. The number of aliphatic hydroxyl groups is 1. The van der Waals surface area contributed by atoms with Gasteiger partial charge in [0.25, 0.3) is 0 Å². The van der Waals surface area contributed by atoms with Gasteiger partial charge < -0.3 is 10.4 Å². The highest BCUT2D eigenvalue weighted by Crippen LogP contribution is 2.14. The predicted octanol–water partition coefficient (Wildman–Crippen LogP) is 0.258. The predicted molar refractivity (Wildman–Crippen MR) is 49.9 cm³/mol. The maximum Gasteiger partial charge on any atom is 0.0478 e. The molecule has 1 fully saturated rings. The molecule has 0 aromatic carbocycles. The standard InChI is InChI=1S/C9H20N2O/c1-10-8-11-5-3-2-4-9(6-11)7-12/h9-10,12H,2-8H2,1H3. The molecule has 12 heavy (non-hydrogen) atoms. The second-order valence-electron chi connectivity index (χ2n) is 3.63. The van der Waals surface area contributed by atoms with E-state index in [1.807, 2.05) is 7.05 Å². The van der Waals surface area contributed by atoms with Crippen molar-refractivity contribution in [2.45, 2.75) is 19.3 Å². The fourth-order valence-corrected chi connectivity index (χ4v) is 1.83. The Morgan fingerprint density at radius 2 is 2.33 bits per heavy atom. The third kappa shape index (κ3) is 3.09. The molecule has 1 unspecified atom stereocenters. The zero-order chi connectivity index (χ0) is 8.81. The Balaban J connectivity index is 2.31. The lowest BCUT2D eigenvalue weighted by molar-refractivity contribution is 0.169. The van der Waals surface area contributed by atoms with Crippen LogP contribution in [0.3, 0.4) is 0 Å². The van der Waals surface area contributed by atoms with Crippen molar-refractivity contribution < 1.29 is 5.11 Å². The Bertz CT molecular complexity index is 119. The molecule has 1 aliphatic heterocycles. The quantitative estimate of drug-likeness (QED) is 0.641. The molecule has 0 saturated carbocycles. The third-order valence-electron chi connectivity index (χ3n) is 2.49. The number of rotatable bonds is 3. The summed E-state index contributed by atoms with van der Waals surface area (Å²) in [6.07, 6.45) is 3.74. The molecule has 1 rings (SSSR count). The van der Waals surface area contributed by atoms with E-state index in [1.54, 1.807) is 0 Å². The van der Waals surface area contributed by atoms with E-state index in [-0.39, 0.29) is 0 Å². The summed E-state index contributed by atoms with van der Waals surface area (Å²) in [6.45, 7) is 3.53. The van der Waals surface area contributed by atoms with Crippen LogP contribution < -0.4 is 5.32 Å². The molecular formula is C9H20N2O. The molecule has 3 heteroatoms. The van der Waals surface area contributed by atoms with Crippen molar-refractivity contribution in [1.82, 2.24) is 10.2 Å². The molecule has 2 N–H and O–H groups in total.